The summed E-state index contributed by atoms with van der Waals surface area (Å²) in [7, 11) is 0. The van der Waals surface area contributed by atoms with Crippen LogP contribution in [0, 0.1) is 0 Å². The Hall–Kier alpha value is -1.88. The predicted octanol–water partition coefficient (Wildman–Crippen LogP) is 1.09. The monoisotopic (exact) mass is 260 g/mol. The van der Waals surface area contributed by atoms with Crippen LogP contribution in [-0.4, -0.2) is 31.1 Å². The molecule has 0 radical (unpaired) electrons. The maximum Gasteiger partial charge on any atom is 0.251 e. The molecule has 5 heteroatoms. The molecule has 0 saturated carbocycles. The van der Waals surface area contributed by atoms with Crippen LogP contribution >= 0.6 is 0 Å². The Labute approximate surface area is 111 Å². The van der Waals surface area contributed by atoms with E-state index in [1.54, 1.807) is 18.2 Å². The van der Waals surface area contributed by atoms with Gasteiger partial charge in [0.15, 0.2) is 0 Å². The molecular weight excluding hydrogens is 244 g/mol. The number of fused-ring (bicyclic) bond motifs is 1. The molecule has 0 aliphatic carbocycles. The summed E-state index contributed by atoms with van der Waals surface area (Å²) in [6.07, 6.45) is 2.07. The van der Waals surface area contributed by atoms with Gasteiger partial charge in [-0.05, 0) is 36.6 Å². The zero-order valence-corrected chi connectivity index (χ0v) is 10.6. The lowest BCUT2D eigenvalue weighted by molar-refractivity contribution is -0.115. The van der Waals surface area contributed by atoms with Crippen LogP contribution in [0.2, 0.25) is 0 Å². The normalized spacial score (nSPS) is 18.8. The number of amides is 2. The highest BCUT2D eigenvalue weighted by Gasteiger charge is 2.21. The fourth-order valence-electron chi connectivity index (χ4n) is 2.48. The molecule has 1 fully saturated rings. The number of anilines is 1. The Balaban J connectivity index is 1.70. The van der Waals surface area contributed by atoms with E-state index in [1.807, 2.05) is 0 Å². The summed E-state index contributed by atoms with van der Waals surface area (Å²) in [6, 6.07) is 5.52. The first-order chi connectivity index (χ1) is 9.22. The van der Waals surface area contributed by atoms with Crippen molar-refractivity contribution in [3.63, 3.8) is 0 Å². The lowest BCUT2D eigenvalue weighted by atomic mass is 10.1. The van der Waals surface area contributed by atoms with Crippen LogP contribution in [0.3, 0.4) is 0 Å². The van der Waals surface area contributed by atoms with Gasteiger partial charge in [0.25, 0.3) is 5.91 Å². The molecule has 0 aromatic heterocycles. The maximum absolute atomic E-state index is 12.1. The van der Waals surface area contributed by atoms with Crippen molar-refractivity contribution >= 4 is 17.5 Å². The first-order valence-corrected chi connectivity index (χ1v) is 6.54. The quantitative estimate of drug-likeness (QED) is 0.836. The van der Waals surface area contributed by atoms with E-state index in [4.69, 9.17) is 4.74 Å². The Kier molecular flexibility index (Phi) is 3.21. The summed E-state index contributed by atoms with van der Waals surface area (Å²) >= 11 is 0. The topological polar surface area (TPSA) is 67.4 Å². The van der Waals surface area contributed by atoms with Crippen molar-refractivity contribution in [2.75, 3.05) is 18.5 Å². The molecule has 1 aromatic carbocycles. The molecule has 2 aliphatic heterocycles. The Morgan fingerprint density at radius 3 is 2.89 bits per heavy atom. The molecule has 1 aromatic rings. The third kappa shape index (κ3) is 2.61. The third-order valence-corrected chi connectivity index (χ3v) is 3.55. The minimum atomic E-state index is -0.0750. The lowest BCUT2D eigenvalue weighted by Gasteiger charge is -2.23. The molecule has 0 unspecified atom stereocenters. The molecule has 5 nitrogen and oxygen atoms in total. The molecule has 0 spiro atoms. The van der Waals surface area contributed by atoms with Gasteiger partial charge in [-0.1, -0.05) is 0 Å². The highest BCUT2D eigenvalue weighted by Crippen LogP contribution is 2.23. The number of benzene rings is 1. The van der Waals surface area contributed by atoms with Crippen molar-refractivity contribution in [1.29, 1.82) is 0 Å². The largest absolute Gasteiger partial charge is 0.381 e. The van der Waals surface area contributed by atoms with Gasteiger partial charge in [-0.15, -0.1) is 0 Å². The highest BCUT2D eigenvalue weighted by atomic mass is 16.5. The number of ether oxygens (including phenoxy) is 1. The summed E-state index contributed by atoms with van der Waals surface area (Å²) in [5.41, 5.74) is 2.32. The van der Waals surface area contributed by atoms with Crippen molar-refractivity contribution in [3.05, 3.63) is 29.3 Å². The van der Waals surface area contributed by atoms with Gasteiger partial charge in [-0.25, -0.2) is 0 Å². The highest BCUT2D eigenvalue weighted by molar-refractivity contribution is 6.01. The van der Waals surface area contributed by atoms with E-state index in [0.717, 1.165) is 24.1 Å². The van der Waals surface area contributed by atoms with E-state index >= 15 is 0 Å². The molecular formula is C14H16N2O3. The SMILES string of the molecule is O=C1Cc2cc(C(=O)NC3CCOCC3)ccc2N1. The second-order valence-corrected chi connectivity index (χ2v) is 4.96. The molecule has 0 atom stereocenters. The molecule has 1 saturated heterocycles. The zero-order valence-electron chi connectivity index (χ0n) is 10.6. The Morgan fingerprint density at radius 1 is 1.32 bits per heavy atom. The van der Waals surface area contributed by atoms with Crippen LogP contribution in [0.5, 0.6) is 0 Å². The van der Waals surface area contributed by atoms with E-state index in [2.05, 4.69) is 10.6 Å². The number of hydrogen-bond acceptors (Lipinski definition) is 3. The molecule has 2 aliphatic rings. The maximum atomic E-state index is 12.1. The van der Waals surface area contributed by atoms with Gasteiger partial charge in [0.2, 0.25) is 5.91 Å². The summed E-state index contributed by atoms with van der Waals surface area (Å²) in [4.78, 5) is 23.4. The van der Waals surface area contributed by atoms with Gasteiger partial charge in [-0.2, -0.15) is 0 Å². The Bertz CT molecular complexity index is 521. The van der Waals surface area contributed by atoms with Gasteiger partial charge in [0.1, 0.15) is 0 Å². The number of rotatable bonds is 2. The Morgan fingerprint density at radius 2 is 2.11 bits per heavy atom. The van der Waals surface area contributed by atoms with Crippen LogP contribution in [0.4, 0.5) is 5.69 Å². The van der Waals surface area contributed by atoms with Crippen molar-refractivity contribution in [3.8, 4) is 0 Å². The van der Waals surface area contributed by atoms with E-state index in [0.29, 0.717) is 25.2 Å². The van der Waals surface area contributed by atoms with Crippen molar-refractivity contribution in [2.24, 2.45) is 0 Å². The number of carbonyl (C=O) groups excluding carboxylic acids is 2. The molecule has 100 valence electrons. The van der Waals surface area contributed by atoms with E-state index < -0.39 is 0 Å². The van der Waals surface area contributed by atoms with Gasteiger partial charge < -0.3 is 15.4 Å². The zero-order chi connectivity index (χ0) is 13.2. The second kappa shape index (κ2) is 5.01. The van der Waals surface area contributed by atoms with Crippen LogP contribution in [0.15, 0.2) is 18.2 Å². The van der Waals surface area contributed by atoms with Gasteiger partial charge in [-0.3, -0.25) is 9.59 Å². The van der Waals surface area contributed by atoms with Crippen molar-refractivity contribution < 1.29 is 14.3 Å². The van der Waals surface area contributed by atoms with E-state index in [9.17, 15) is 9.59 Å². The first-order valence-electron chi connectivity index (χ1n) is 6.54. The molecule has 3 rings (SSSR count). The number of carbonyl (C=O) groups is 2. The fourth-order valence-corrected chi connectivity index (χ4v) is 2.48. The average molecular weight is 260 g/mol. The number of nitrogens with one attached hydrogen (secondary N) is 2. The van der Waals surface area contributed by atoms with Gasteiger partial charge in [0, 0.05) is 30.5 Å². The van der Waals surface area contributed by atoms with Crippen LogP contribution < -0.4 is 10.6 Å². The summed E-state index contributed by atoms with van der Waals surface area (Å²) < 4.78 is 5.26. The molecule has 0 bridgehead atoms. The van der Waals surface area contributed by atoms with Crippen LogP contribution in [-0.2, 0) is 16.0 Å². The lowest BCUT2D eigenvalue weighted by Crippen LogP contribution is -2.38. The van der Waals surface area contributed by atoms with Crippen LogP contribution in [0.1, 0.15) is 28.8 Å². The van der Waals surface area contributed by atoms with Gasteiger partial charge in [0.05, 0.1) is 6.42 Å². The molecule has 2 heterocycles. The molecule has 2 N–H and O–H groups in total. The molecule has 19 heavy (non-hydrogen) atoms. The summed E-state index contributed by atoms with van der Waals surface area (Å²) in [5.74, 6) is -0.0916. The van der Waals surface area contributed by atoms with Gasteiger partial charge >= 0.3 is 0 Å². The summed E-state index contributed by atoms with van der Waals surface area (Å²) in [5, 5.41) is 5.77. The fraction of sp³-hybridized carbons (Fsp3) is 0.429. The minimum Gasteiger partial charge on any atom is -0.381 e. The van der Waals surface area contributed by atoms with Crippen molar-refractivity contribution in [1.82, 2.24) is 5.32 Å². The van der Waals surface area contributed by atoms with E-state index in [-0.39, 0.29) is 17.9 Å². The molecule has 2 amide bonds. The first kappa shape index (κ1) is 12.2. The van der Waals surface area contributed by atoms with Crippen LogP contribution in [0.25, 0.3) is 0 Å². The average Bonchev–Trinajstić information content (AvgIpc) is 2.78. The number of hydrogen-bond donors (Lipinski definition) is 2. The third-order valence-electron chi connectivity index (χ3n) is 3.55. The standard InChI is InChI=1S/C14H16N2O3/c17-13-8-10-7-9(1-2-12(10)16-13)14(18)15-11-3-5-19-6-4-11/h1-2,7,11H,3-6,8H2,(H,15,18)(H,16,17). The predicted molar refractivity (Wildman–Crippen MR) is 70.1 cm³/mol. The minimum absolute atomic E-state index is 0.0167. The van der Waals surface area contributed by atoms with Crippen molar-refractivity contribution in [2.45, 2.75) is 25.3 Å². The van der Waals surface area contributed by atoms with E-state index in [1.165, 1.54) is 0 Å². The summed E-state index contributed by atoms with van der Waals surface area (Å²) in [6.45, 7) is 1.40. The second-order valence-electron chi connectivity index (χ2n) is 4.96. The smallest absolute Gasteiger partial charge is 0.251 e.